The maximum atomic E-state index is 12.9. The predicted molar refractivity (Wildman–Crippen MR) is 108 cm³/mol. The minimum absolute atomic E-state index is 0.189. The summed E-state index contributed by atoms with van der Waals surface area (Å²) in [4.78, 5) is 39.6. The molecule has 1 N–H and O–H groups in total. The number of halogens is 1. The van der Waals surface area contributed by atoms with Crippen LogP contribution < -0.4 is 10.2 Å². The van der Waals surface area contributed by atoms with E-state index < -0.39 is 0 Å². The van der Waals surface area contributed by atoms with Crippen LogP contribution in [-0.4, -0.2) is 17.7 Å². The molecule has 6 heteroatoms. The van der Waals surface area contributed by atoms with Gasteiger partial charge in [-0.15, -0.1) is 0 Å². The third-order valence-corrected chi connectivity index (χ3v) is 5.64. The fourth-order valence-electron chi connectivity index (χ4n) is 3.84. The largest absolute Gasteiger partial charge is 0.321 e. The first kappa shape index (κ1) is 18.4. The molecule has 1 fully saturated rings. The molecule has 0 radical (unpaired) electrons. The standard InChI is InChI=1S/C22H19ClN2O3/c1-13-9-10-16-17(11-13)22(28)25(21(16)27)15-6-4-5-14(12-15)20(26)24-19-8-3-2-7-18(19)23/h2-9,12,16-17H,10-11H2,1H3,(H,24,26)/t16-,17-/m1/s1. The number of allylic oxidation sites excluding steroid dienone is 2. The number of para-hydroxylation sites is 1. The van der Waals surface area contributed by atoms with Gasteiger partial charge >= 0.3 is 0 Å². The van der Waals surface area contributed by atoms with Gasteiger partial charge in [-0.1, -0.05) is 41.4 Å². The molecule has 0 saturated carbocycles. The van der Waals surface area contributed by atoms with Crippen molar-refractivity contribution in [2.45, 2.75) is 19.8 Å². The van der Waals surface area contributed by atoms with Gasteiger partial charge in [0, 0.05) is 5.56 Å². The lowest BCUT2D eigenvalue weighted by atomic mass is 9.82. The fourth-order valence-corrected chi connectivity index (χ4v) is 4.02. The zero-order valence-electron chi connectivity index (χ0n) is 15.3. The SMILES string of the molecule is CC1=CC[C@H]2C(=O)N(c3cccc(C(=O)Nc4ccccc4Cl)c3)C(=O)[C@@H]2C1. The second-order valence-corrected chi connectivity index (χ2v) is 7.61. The molecular weight excluding hydrogens is 376 g/mol. The van der Waals surface area contributed by atoms with E-state index in [1.165, 1.54) is 4.90 Å². The summed E-state index contributed by atoms with van der Waals surface area (Å²) in [7, 11) is 0. The van der Waals surface area contributed by atoms with Gasteiger partial charge in [0.1, 0.15) is 0 Å². The third-order valence-electron chi connectivity index (χ3n) is 5.31. The number of nitrogens with one attached hydrogen (secondary N) is 1. The summed E-state index contributed by atoms with van der Waals surface area (Å²) in [5.41, 5.74) is 2.41. The van der Waals surface area contributed by atoms with Crippen LogP contribution >= 0.6 is 11.6 Å². The Morgan fingerprint density at radius 3 is 2.61 bits per heavy atom. The molecule has 2 atom stereocenters. The first-order valence-corrected chi connectivity index (χ1v) is 9.53. The summed E-state index contributed by atoms with van der Waals surface area (Å²) < 4.78 is 0. The highest BCUT2D eigenvalue weighted by Crippen LogP contribution is 2.39. The van der Waals surface area contributed by atoms with Crippen molar-refractivity contribution in [1.82, 2.24) is 0 Å². The smallest absolute Gasteiger partial charge is 0.255 e. The average molecular weight is 395 g/mol. The number of benzene rings is 2. The van der Waals surface area contributed by atoms with E-state index in [0.29, 0.717) is 34.8 Å². The van der Waals surface area contributed by atoms with E-state index in [-0.39, 0.29) is 29.6 Å². The van der Waals surface area contributed by atoms with Crippen LogP contribution in [0.15, 0.2) is 60.2 Å². The van der Waals surface area contributed by atoms with Crippen LogP contribution in [0.25, 0.3) is 0 Å². The molecule has 1 heterocycles. The second-order valence-electron chi connectivity index (χ2n) is 7.20. The summed E-state index contributed by atoms with van der Waals surface area (Å²) in [6.07, 6.45) is 3.23. The number of fused-ring (bicyclic) bond motifs is 1. The van der Waals surface area contributed by atoms with Crippen LogP contribution in [0.3, 0.4) is 0 Å². The number of carbonyl (C=O) groups excluding carboxylic acids is 3. The molecule has 2 aromatic carbocycles. The summed E-state index contributed by atoms with van der Waals surface area (Å²) in [6.45, 7) is 1.98. The van der Waals surface area contributed by atoms with E-state index in [2.05, 4.69) is 5.32 Å². The number of imide groups is 1. The number of carbonyl (C=O) groups is 3. The van der Waals surface area contributed by atoms with Crippen molar-refractivity contribution in [3.63, 3.8) is 0 Å². The Bertz CT molecular complexity index is 1010. The molecular formula is C22H19ClN2O3. The van der Waals surface area contributed by atoms with Crippen molar-refractivity contribution in [2.24, 2.45) is 11.8 Å². The highest BCUT2D eigenvalue weighted by atomic mass is 35.5. The molecule has 4 rings (SSSR count). The van der Waals surface area contributed by atoms with Crippen molar-refractivity contribution in [1.29, 1.82) is 0 Å². The van der Waals surface area contributed by atoms with Crippen molar-refractivity contribution in [3.8, 4) is 0 Å². The van der Waals surface area contributed by atoms with Crippen LogP contribution in [-0.2, 0) is 9.59 Å². The maximum Gasteiger partial charge on any atom is 0.255 e. The normalized spacial score (nSPS) is 21.4. The number of amides is 3. The van der Waals surface area contributed by atoms with Crippen molar-refractivity contribution in [3.05, 3.63) is 70.8 Å². The lowest BCUT2D eigenvalue weighted by molar-refractivity contribution is -0.122. The van der Waals surface area contributed by atoms with E-state index in [0.717, 1.165) is 5.57 Å². The Hall–Kier alpha value is -2.92. The molecule has 0 spiro atoms. The molecule has 3 amide bonds. The molecule has 142 valence electrons. The van der Waals surface area contributed by atoms with Gasteiger partial charge in [0.25, 0.3) is 5.91 Å². The zero-order chi connectivity index (χ0) is 19.8. The topological polar surface area (TPSA) is 66.5 Å². The van der Waals surface area contributed by atoms with Gasteiger partial charge in [-0.3, -0.25) is 19.3 Å². The number of rotatable bonds is 3. The molecule has 5 nitrogen and oxygen atoms in total. The van der Waals surface area contributed by atoms with Gasteiger partial charge in [-0.25, -0.2) is 0 Å². The van der Waals surface area contributed by atoms with Crippen molar-refractivity contribution < 1.29 is 14.4 Å². The Morgan fingerprint density at radius 2 is 1.82 bits per heavy atom. The number of hydrogen-bond donors (Lipinski definition) is 1. The van der Waals surface area contributed by atoms with Crippen LogP contribution in [0.5, 0.6) is 0 Å². The van der Waals surface area contributed by atoms with E-state index >= 15 is 0 Å². The summed E-state index contributed by atoms with van der Waals surface area (Å²) in [5.74, 6) is -1.35. The molecule has 2 aliphatic rings. The predicted octanol–water partition coefficient (Wildman–Crippen LogP) is 4.44. The zero-order valence-corrected chi connectivity index (χ0v) is 16.1. The molecule has 1 aliphatic carbocycles. The highest BCUT2D eigenvalue weighted by molar-refractivity contribution is 6.34. The quantitative estimate of drug-likeness (QED) is 0.618. The van der Waals surface area contributed by atoms with Gasteiger partial charge < -0.3 is 5.32 Å². The van der Waals surface area contributed by atoms with Crippen molar-refractivity contribution >= 4 is 40.7 Å². The van der Waals surface area contributed by atoms with Crippen LogP contribution in [0, 0.1) is 11.8 Å². The van der Waals surface area contributed by atoms with Crippen molar-refractivity contribution in [2.75, 3.05) is 10.2 Å². The second kappa shape index (κ2) is 7.24. The van der Waals surface area contributed by atoms with Crippen LogP contribution in [0.1, 0.15) is 30.1 Å². The maximum absolute atomic E-state index is 12.9. The van der Waals surface area contributed by atoms with E-state index in [1.807, 2.05) is 13.0 Å². The number of anilines is 2. The molecule has 28 heavy (non-hydrogen) atoms. The summed E-state index contributed by atoms with van der Waals surface area (Å²) in [6, 6.07) is 13.5. The van der Waals surface area contributed by atoms with Gasteiger partial charge in [-0.05, 0) is 50.1 Å². The first-order valence-electron chi connectivity index (χ1n) is 9.15. The van der Waals surface area contributed by atoms with E-state index in [1.54, 1.807) is 48.5 Å². The minimum Gasteiger partial charge on any atom is -0.321 e. The first-order chi connectivity index (χ1) is 13.5. The molecule has 1 aliphatic heterocycles. The summed E-state index contributed by atoms with van der Waals surface area (Å²) in [5, 5.41) is 3.19. The van der Waals surface area contributed by atoms with E-state index in [9.17, 15) is 14.4 Å². The van der Waals surface area contributed by atoms with Crippen LogP contribution in [0.2, 0.25) is 5.02 Å². The highest BCUT2D eigenvalue weighted by Gasteiger charge is 2.48. The monoisotopic (exact) mass is 394 g/mol. The van der Waals surface area contributed by atoms with Gasteiger partial charge in [0.2, 0.25) is 11.8 Å². The van der Waals surface area contributed by atoms with E-state index in [4.69, 9.17) is 11.6 Å². The third kappa shape index (κ3) is 3.22. The average Bonchev–Trinajstić information content (AvgIpc) is 2.93. The van der Waals surface area contributed by atoms with Gasteiger partial charge in [-0.2, -0.15) is 0 Å². The van der Waals surface area contributed by atoms with Crippen LogP contribution in [0.4, 0.5) is 11.4 Å². The lowest BCUT2D eigenvalue weighted by Gasteiger charge is -2.18. The fraction of sp³-hybridized carbons (Fsp3) is 0.227. The molecule has 0 bridgehead atoms. The Kier molecular flexibility index (Phi) is 4.77. The minimum atomic E-state index is -0.357. The Morgan fingerprint density at radius 1 is 1.07 bits per heavy atom. The lowest BCUT2D eigenvalue weighted by Crippen LogP contribution is -2.31. The number of hydrogen-bond acceptors (Lipinski definition) is 3. The summed E-state index contributed by atoms with van der Waals surface area (Å²) >= 11 is 6.09. The molecule has 2 aromatic rings. The Balaban J connectivity index is 1.59. The molecule has 0 aromatic heterocycles. The Labute approximate surface area is 168 Å². The molecule has 0 unspecified atom stereocenters. The molecule has 1 saturated heterocycles. The van der Waals surface area contributed by atoms with Gasteiger partial charge in [0.15, 0.2) is 0 Å². The van der Waals surface area contributed by atoms with Gasteiger partial charge in [0.05, 0.1) is 28.2 Å². The number of nitrogens with zero attached hydrogens (tertiary/aromatic N) is 1.